The Morgan fingerprint density at radius 2 is 1.83 bits per heavy atom. The number of aryl methyl sites for hydroxylation is 1. The van der Waals surface area contributed by atoms with Crippen LogP contribution in [-0.4, -0.2) is 6.36 Å². The van der Waals surface area contributed by atoms with Gasteiger partial charge in [0.1, 0.15) is 11.6 Å². The number of rotatable bonds is 5. The number of benzene rings is 1. The van der Waals surface area contributed by atoms with Gasteiger partial charge in [-0.25, -0.2) is 8.78 Å². The van der Waals surface area contributed by atoms with E-state index < -0.39 is 29.7 Å². The quantitative estimate of drug-likeness (QED) is 0.574. The number of ether oxygens (including phenoxy) is 1. The molecule has 1 atom stereocenters. The van der Waals surface area contributed by atoms with Crippen LogP contribution in [0.1, 0.15) is 30.9 Å². The molecule has 0 spiro atoms. The van der Waals surface area contributed by atoms with Crippen molar-refractivity contribution in [2.75, 3.05) is 0 Å². The molecule has 0 aromatic heterocycles. The lowest BCUT2D eigenvalue weighted by Gasteiger charge is -2.17. The molecule has 0 saturated carbocycles. The van der Waals surface area contributed by atoms with Crippen molar-refractivity contribution < 1.29 is 26.7 Å². The second-order valence-electron chi connectivity index (χ2n) is 5.46. The molecule has 0 amide bonds. The number of halogens is 5. The minimum absolute atomic E-state index is 0.102. The van der Waals surface area contributed by atoms with Crippen molar-refractivity contribution in [3.63, 3.8) is 0 Å². The highest BCUT2D eigenvalue weighted by atomic mass is 19.4. The van der Waals surface area contributed by atoms with Crippen LogP contribution >= 0.6 is 0 Å². The van der Waals surface area contributed by atoms with Crippen molar-refractivity contribution >= 4 is 5.83 Å². The molecule has 1 nitrogen and oxygen atoms in total. The first-order chi connectivity index (χ1) is 11.3. The summed E-state index contributed by atoms with van der Waals surface area (Å²) < 4.78 is 68.5. The summed E-state index contributed by atoms with van der Waals surface area (Å²) in [6.07, 6.45) is 0.160. The Kier molecular flexibility index (Phi) is 5.80. The Bertz CT molecular complexity index is 653. The largest absolute Gasteiger partial charge is 0.573 e. The molecule has 0 saturated heterocycles. The Balaban J connectivity index is 2.09. The first-order valence-corrected chi connectivity index (χ1v) is 7.58. The summed E-state index contributed by atoms with van der Waals surface area (Å²) >= 11 is 0. The standard InChI is InChI=1S/C18H17F5O/c1-2-3-12-4-6-13(7-5-12)16(19)17(20)14-8-10-15(11-9-14)24-18(21,22)23/h4-8,10-11,14H,2-3,9H2,1H3/b17-16+. The third kappa shape index (κ3) is 4.94. The molecule has 1 aromatic carbocycles. The van der Waals surface area contributed by atoms with E-state index in [1.54, 1.807) is 12.1 Å². The first-order valence-electron chi connectivity index (χ1n) is 7.58. The van der Waals surface area contributed by atoms with Gasteiger partial charge in [-0.15, -0.1) is 13.2 Å². The summed E-state index contributed by atoms with van der Waals surface area (Å²) in [5, 5.41) is 0. The van der Waals surface area contributed by atoms with Gasteiger partial charge in [-0.1, -0.05) is 43.7 Å². The van der Waals surface area contributed by atoms with Crippen molar-refractivity contribution in [2.45, 2.75) is 32.5 Å². The van der Waals surface area contributed by atoms with Gasteiger partial charge in [0.15, 0.2) is 5.83 Å². The fourth-order valence-corrected chi connectivity index (χ4v) is 2.41. The monoisotopic (exact) mass is 344 g/mol. The molecule has 0 radical (unpaired) electrons. The molecule has 0 aliphatic heterocycles. The van der Waals surface area contributed by atoms with E-state index in [9.17, 15) is 22.0 Å². The molecule has 1 unspecified atom stereocenters. The van der Waals surface area contributed by atoms with Gasteiger partial charge in [0, 0.05) is 11.5 Å². The highest BCUT2D eigenvalue weighted by molar-refractivity contribution is 5.62. The van der Waals surface area contributed by atoms with Crippen LogP contribution in [0.5, 0.6) is 0 Å². The molecule has 1 aliphatic rings. The summed E-state index contributed by atoms with van der Waals surface area (Å²) in [4.78, 5) is 0. The van der Waals surface area contributed by atoms with Crippen LogP contribution in [0.4, 0.5) is 22.0 Å². The van der Waals surface area contributed by atoms with E-state index in [2.05, 4.69) is 4.74 Å². The molecule has 0 N–H and O–H groups in total. The summed E-state index contributed by atoms with van der Waals surface area (Å²) in [6, 6.07) is 6.47. The second kappa shape index (κ2) is 7.64. The Morgan fingerprint density at radius 3 is 2.33 bits per heavy atom. The van der Waals surface area contributed by atoms with E-state index >= 15 is 0 Å². The number of allylic oxidation sites excluding steroid dienone is 4. The van der Waals surface area contributed by atoms with Crippen LogP contribution in [0.15, 0.2) is 54.1 Å². The van der Waals surface area contributed by atoms with E-state index in [1.165, 1.54) is 18.2 Å². The van der Waals surface area contributed by atoms with Crippen molar-refractivity contribution in [3.8, 4) is 0 Å². The molecular weight excluding hydrogens is 327 g/mol. The molecular formula is C18H17F5O. The van der Waals surface area contributed by atoms with Gasteiger partial charge >= 0.3 is 6.36 Å². The zero-order valence-corrected chi connectivity index (χ0v) is 13.0. The van der Waals surface area contributed by atoms with Gasteiger partial charge in [-0.2, -0.15) is 0 Å². The van der Waals surface area contributed by atoms with Crippen LogP contribution in [0.25, 0.3) is 5.83 Å². The predicted octanol–water partition coefficient (Wildman–Crippen LogP) is 6.24. The molecule has 6 heteroatoms. The Morgan fingerprint density at radius 1 is 1.17 bits per heavy atom. The molecule has 1 aliphatic carbocycles. The lowest BCUT2D eigenvalue weighted by Crippen LogP contribution is -2.14. The average molecular weight is 344 g/mol. The van der Waals surface area contributed by atoms with Gasteiger partial charge in [0.2, 0.25) is 0 Å². The highest BCUT2D eigenvalue weighted by Gasteiger charge is 2.32. The van der Waals surface area contributed by atoms with E-state index in [4.69, 9.17) is 0 Å². The molecule has 2 rings (SSSR count). The molecule has 130 valence electrons. The van der Waals surface area contributed by atoms with Crippen molar-refractivity contribution in [1.29, 1.82) is 0 Å². The Labute approximate surface area is 137 Å². The SMILES string of the molecule is CCCc1ccc(/C(F)=C(\F)C2C=CC(OC(F)(F)F)=CC2)cc1. The summed E-state index contributed by atoms with van der Waals surface area (Å²) in [6.45, 7) is 2.02. The predicted molar refractivity (Wildman–Crippen MR) is 82.0 cm³/mol. The van der Waals surface area contributed by atoms with E-state index in [0.717, 1.165) is 30.6 Å². The maximum atomic E-state index is 14.2. The lowest BCUT2D eigenvalue weighted by atomic mass is 9.96. The minimum atomic E-state index is -4.80. The van der Waals surface area contributed by atoms with Crippen LogP contribution < -0.4 is 0 Å². The van der Waals surface area contributed by atoms with Gasteiger partial charge < -0.3 is 4.74 Å². The van der Waals surface area contributed by atoms with Crippen LogP contribution in [0, 0.1) is 5.92 Å². The van der Waals surface area contributed by atoms with E-state index in [-0.39, 0.29) is 12.0 Å². The summed E-state index contributed by atoms with van der Waals surface area (Å²) in [5.41, 5.74) is 1.14. The molecule has 0 bridgehead atoms. The van der Waals surface area contributed by atoms with Crippen molar-refractivity contribution in [3.05, 3.63) is 65.2 Å². The van der Waals surface area contributed by atoms with Gasteiger partial charge in [-0.05, 0) is 30.6 Å². The third-order valence-electron chi connectivity index (χ3n) is 3.58. The van der Waals surface area contributed by atoms with E-state index in [0.29, 0.717) is 0 Å². The van der Waals surface area contributed by atoms with Crippen molar-refractivity contribution in [2.24, 2.45) is 5.92 Å². The number of hydrogen-bond donors (Lipinski definition) is 0. The van der Waals surface area contributed by atoms with Gasteiger partial charge in [0.05, 0.1) is 0 Å². The number of alkyl halides is 3. The second-order valence-corrected chi connectivity index (χ2v) is 5.46. The maximum absolute atomic E-state index is 14.2. The normalized spacial score (nSPS) is 18.9. The molecule has 24 heavy (non-hydrogen) atoms. The molecule has 0 heterocycles. The minimum Gasteiger partial charge on any atom is -0.406 e. The average Bonchev–Trinajstić information content (AvgIpc) is 2.54. The maximum Gasteiger partial charge on any atom is 0.573 e. The fraction of sp³-hybridized carbons (Fsp3) is 0.333. The van der Waals surface area contributed by atoms with Gasteiger partial charge in [0.25, 0.3) is 0 Å². The molecule has 1 aromatic rings. The topological polar surface area (TPSA) is 9.23 Å². The third-order valence-corrected chi connectivity index (χ3v) is 3.58. The fourth-order valence-electron chi connectivity index (χ4n) is 2.41. The summed E-state index contributed by atoms with van der Waals surface area (Å²) in [5.74, 6) is -3.37. The summed E-state index contributed by atoms with van der Waals surface area (Å²) in [7, 11) is 0. The Hall–Kier alpha value is -2.11. The molecule has 0 fully saturated rings. The van der Waals surface area contributed by atoms with Crippen LogP contribution in [0.2, 0.25) is 0 Å². The van der Waals surface area contributed by atoms with Crippen molar-refractivity contribution in [1.82, 2.24) is 0 Å². The zero-order chi connectivity index (χ0) is 17.7. The van der Waals surface area contributed by atoms with Crippen LogP contribution in [-0.2, 0) is 11.2 Å². The number of hydrogen-bond acceptors (Lipinski definition) is 1. The lowest BCUT2D eigenvalue weighted by molar-refractivity contribution is -0.303. The van der Waals surface area contributed by atoms with E-state index in [1.807, 2.05) is 6.92 Å². The zero-order valence-electron chi connectivity index (χ0n) is 13.0. The highest BCUT2D eigenvalue weighted by Crippen LogP contribution is 2.33. The smallest absolute Gasteiger partial charge is 0.406 e. The first kappa shape index (κ1) is 18.2. The van der Waals surface area contributed by atoms with Crippen LogP contribution in [0.3, 0.4) is 0 Å². The van der Waals surface area contributed by atoms with Gasteiger partial charge in [-0.3, -0.25) is 0 Å².